The molecule has 1 saturated heterocycles. The Balaban J connectivity index is 1.70. The van der Waals surface area contributed by atoms with Crippen molar-refractivity contribution in [3.63, 3.8) is 0 Å². The van der Waals surface area contributed by atoms with Crippen LogP contribution >= 0.6 is 11.6 Å². The molecule has 0 N–H and O–H groups in total. The molecule has 0 spiro atoms. The van der Waals surface area contributed by atoms with E-state index >= 15 is 4.39 Å². The van der Waals surface area contributed by atoms with Gasteiger partial charge in [0.05, 0.1) is 30.2 Å². The molecular weight excluding hydrogens is 575 g/mol. The van der Waals surface area contributed by atoms with Crippen molar-refractivity contribution in [2.45, 2.75) is 32.7 Å². The molecular formula is C31H30ClFN6O4. The van der Waals surface area contributed by atoms with Crippen LogP contribution in [0.4, 0.5) is 10.2 Å². The largest absolute Gasteiger partial charge is 0.489 e. The summed E-state index contributed by atoms with van der Waals surface area (Å²) in [7, 11) is 1.53. The predicted octanol–water partition coefficient (Wildman–Crippen LogP) is 4.67. The van der Waals surface area contributed by atoms with Crippen molar-refractivity contribution >= 4 is 34.4 Å². The van der Waals surface area contributed by atoms with Crippen molar-refractivity contribution in [3.05, 3.63) is 75.6 Å². The molecule has 0 unspecified atom stereocenters. The summed E-state index contributed by atoms with van der Waals surface area (Å²) in [6.07, 6.45) is 1.28. The molecule has 222 valence electrons. The monoisotopic (exact) mass is 604 g/mol. The second kappa shape index (κ2) is 11.0. The Labute approximate surface area is 252 Å². The van der Waals surface area contributed by atoms with Crippen LogP contribution in [0.3, 0.4) is 0 Å². The highest BCUT2D eigenvalue weighted by molar-refractivity contribution is 6.36. The third kappa shape index (κ3) is 4.68. The van der Waals surface area contributed by atoms with Crippen LogP contribution in [0.25, 0.3) is 28.0 Å². The number of amides is 1. The van der Waals surface area contributed by atoms with E-state index in [0.717, 1.165) is 0 Å². The van der Waals surface area contributed by atoms with Crippen molar-refractivity contribution in [2.75, 3.05) is 38.3 Å². The molecule has 1 aromatic carbocycles. The van der Waals surface area contributed by atoms with Gasteiger partial charge in [0.25, 0.3) is 0 Å². The van der Waals surface area contributed by atoms with Crippen molar-refractivity contribution in [1.82, 2.24) is 24.4 Å². The summed E-state index contributed by atoms with van der Waals surface area (Å²) < 4.78 is 28.4. The molecule has 2 aliphatic rings. The fourth-order valence-electron chi connectivity index (χ4n) is 5.80. The molecule has 1 fully saturated rings. The smallest absolute Gasteiger partial charge is 0.355 e. The lowest BCUT2D eigenvalue weighted by Gasteiger charge is -2.40. The number of carbonyl (C=O) groups is 1. The number of piperazine rings is 1. The molecule has 12 heteroatoms. The number of halogens is 2. The van der Waals surface area contributed by atoms with Crippen LogP contribution in [0.5, 0.6) is 11.6 Å². The summed E-state index contributed by atoms with van der Waals surface area (Å²) in [5.41, 5.74) is 1.71. The molecule has 0 saturated carbocycles. The maximum Gasteiger partial charge on any atom is 0.355 e. The van der Waals surface area contributed by atoms with Gasteiger partial charge in [-0.25, -0.2) is 23.7 Å². The zero-order chi connectivity index (χ0) is 30.6. The lowest BCUT2D eigenvalue weighted by molar-refractivity contribution is -0.126. The molecule has 2 aliphatic heterocycles. The third-order valence-electron chi connectivity index (χ3n) is 7.86. The minimum Gasteiger partial charge on any atom is -0.489 e. The Morgan fingerprint density at radius 1 is 1.23 bits per heavy atom. The van der Waals surface area contributed by atoms with Gasteiger partial charge in [-0.05, 0) is 36.6 Å². The summed E-state index contributed by atoms with van der Waals surface area (Å²) >= 11 is 6.97. The van der Waals surface area contributed by atoms with Crippen molar-refractivity contribution in [2.24, 2.45) is 0 Å². The molecule has 0 aliphatic carbocycles. The van der Waals surface area contributed by atoms with Gasteiger partial charge in [0.2, 0.25) is 11.8 Å². The van der Waals surface area contributed by atoms with Gasteiger partial charge in [-0.15, -0.1) is 0 Å². The van der Waals surface area contributed by atoms with Crippen LogP contribution in [0.1, 0.15) is 31.0 Å². The minimum atomic E-state index is -0.593. The quantitative estimate of drug-likeness (QED) is 0.303. The van der Waals surface area contributed by atoms with E-state index in [-0.39, 0.29) is 52.2 Å². The summed E-state index contributed by atoms with van der Waals surface area (Å²) in [5, 5.41) is 0.513. The number of rotatable bonds is 5. The first-order valence-electron chi connectivity index (χ1n) is 13.9. The second-order valence-corrected chi connectivity index (χ2v) is 11.2. The first-order valence-corrected chi connectivity index (χ1v) is 14.3. The molecule has 1 amide bonds. The van der Waals surface area contributed by atoms with Gasteiger partial charge in [0, 0.05) is 31.3 Å². The highest BCUT2D eigenvalue weighted by Gasteiger charge is 2.37. The van der Waals surface area contributed by atoms with E-state index < -0.39 is 11.5 Å². The topological polar surface area (TPSA) is 103 Å². The number of fused-ring (bicyclic) bond motifs is 2. The van der Waals surface area contributed by atoms with E-state index in [2.05, 4.69) is 16.5 Å². The van der Waals surface area contributed by atoms with E-state index in [0.29, 0.717) is 53.7 Å². The van der Waals surface area contributed by atoms with Crippen LogP contribution in [0, 0.1) is 12.7 Å². The highest BCUT2D eigenvalue weighted by Crippen LogP contribution is 2.45. The summed E-state index contributed by atoms with van der Waals surface area (Å²) in [6.45, 7) is 10.7. The summed E-state index contributed by atoms with van der Waals surface area (Å²) in [4.78, 5) is 44.3. The number of ether oxygens (including phenoxy) is 2. The molecule has 10 nitrogen and oxygen atoms in total. The van der Waals surface area contributed by atoms with Crippen LogP contribution in [0.2, 0.25) is 5.02 Å². The maximum atomic E-state index is 15.2. The zero-order valence-electron chi connectivity index (χ0n) is 24.2. The number of nitrogens with zero attached hydrogens (tertiary/aromatic N) is 6. The normalized spacial score (nSPS) is 16.1. The summed E-state index contributed by atoms with van der Waals surface area (Å²) in [5.74, 6) is 0.171. The Hall–Kier alpha value is -4.51. The fraction of sp³-hybridized carbons (Fsp3) is 0.323. The Morgan fingerprint density at radius 3 is 2.70 bits per heavy atom. The van der Waals surface area contributed by atoms with Gasteiger partial charge >= 0.3 is 5.69 Å². The zero-order valence-corrected chi connectivity index (χ0v) is 25.0. The van der Waals surface area contributed by atoms with Gasteiger partial charge in [-0.1, -0.05) is 44.2 Å². The average Bonchev–Trinajstić information content (AvgIpc) is 3.16. The Kier molecular flexibility index (Phi) is 7.29. The van der Waals surface area contributed by atoms with Gasteiger partial charge in [0.1, 0.15) is 28.7 Å². The standard InChI is InChI=1S/C31H30ClFN6O4/c1-6-22(40)37-11-12-38-18(14-37)15-43-28-23-29(38)36-31(41)39(27-17(4)13-21(42-5)34-25(27)16(2)3)30(23)35-26(24(28)32)19-9-7-8-10-20(19)33/h6-10,13,16,18H,1,11-12,14-15H2,2-5H3/t18-/m1/s1. The molecule has 0 radical (unpaired) electrons. The van der Waals surface area contributed by atoms with Gasteiger partial charge < -0.3 is 19.3 Å². The third-order valence-corrected chi connectivity index (χ3v) is 8.21. The summed E-state index contributed by atoms with van der Waals surface area (Å²) in [6, 6.07) is 7.56. The van der Waals surface area contributed by atoms with Gasteiger partial charge in [-0.2, -0.15) is 4.98 Å². The number of methoxy groups -OCH3 is 1. The van der Waals surface area contributed by atoms with Crippen molar-refractivity contribution in [3.8, 4) is 28.6 Å². The Morgan fingerprint density at radius 2 is 2.00 bits per heavy atom. The fourth-order valence-corrected chi connectivity index (χ4v) is 6.09. The van der Waals surface area contributed by atoms with Crippen molar-refractivity contribution in [1.29, 1.82) is 0 Å². The first kappa shape index (κ1) is 28.6. The van der Waals surface area contributed by atoms with Gasteiger partial charge in [-0.3, -0.25) is 4.79 Å². The number of hydrogen-bond acceptors (Lipinski definition) is 8. The number of hydrogen-bond donors (Lipinski definition) is 0. The lowest BCUT2D eigenvalue weighted by atomic mass is 10.0. The molecule has 4 aromatic rings. The van der Waals surface area contributed by atoms with Crippen LogP contribution < -0.4 is 20.1 Å². The average molecular weight is 605 g/mol. The molecule has 6 rings (SSSR count). The van der Waals surface area contributed by atoms with E-state index in [4.69, 9.17) is 26.1 Å². The van der Waals surface area contributed by atoms with E-state index in [9.17, 15) is 9.59 Å². The lowest BCUT2D eigenvalue weighted by Crippen LogP contribution is -2.56. The number of anilines is 1. The Bertz CT molecular complexity index is 1860. The number of aryl methyl sites for hydroxylation is 1. The maximum absolute atomic E-state index is 15.2. The van der Waals surface area contributed by atoms with Crippen molar-refractivity contribution < 1.29 is 18.7 Å². The SMILES string of the molecule is C=CC(=O)N1CCN2c3nc(=O)n(-c4c(C)cc(OC)nc4C(C)C)c4nc(-c5ccccc5F)c(Cl)c(c34)OC[C@H]2C1. The van der Waals surface area contributed by atoms with Crippen LogP contribution in [0.15, 0.2) is 47.8 Å². The van der Waals surface area contributed by atoms with Crippen LogP contribution in [-0.4, -0.2) is 69.7 Å². The minimum absolute atomic E-state index is 0.0957. The highest BCUT2D eigenvalue weighted by atomic mass is 35.5. The molecule has 43 heavy (non-hydrogen) atoms. The molecule has 0 bridgehead atoms. The number of pyridine rings is 2. The van der Waals surface area contributed by atoms with Gasteiger partial charge in [0.15, 0.2) is 11.4 Å². The number of benzene rings is 1. The predicted molar refractivity (Wildman–Crippen MR) is 162 cm³/mol. The van der Waals surface area contributed by atoms with E-state index in [1.165, 1.54) is 23.8 Å². The van der Waals surface area contributed by atoms with Crippen LogP contribution in [-0.2, 0) is 4.79 Å². The number of aromatic nitrogens is 4. The van der Waals surface area contributed by atoms with E-state index in [1.807, 2.05) is 25.7 Å². The number of carbonyl (C=O) groups excluding carboxylic acids is 1. The molecule has 5 heterocycles. The van der Waals surface area contributed by atoms with E-state index in [1.54, 1.807) is 29.2 Å². The first-order chi connectivity index (χ1) is 20.6. The molecule has 1 atom stereocenters. The molecule has 3 aromatic heterocycles. The second-order valence-electron chi connectivity index (χ2n) is 10.9.